The third kappa shape index (κ3) is 1.35. The zero-order valence-corrected chi connectivity index (χ0v) is 7.64. The second-order valence-corrected chi connectivity index (χ2v) is 3.15. The molecule has 0 radical (unpaired) electrons. The van der Waals surface area contributed by atoms with E-state index in [-0.39, 0.29) is 5.82 Å². The maximum Gasteiger partial charge on any atom is 0.125 e. The lowest BCUT2D eigenvalue weighted by Gasteiger charge is -2.01. The Hall–Kier alpha value is -1.22. The number of aryl methyl sites for hydroxylation is 1. The number of benzene rings is 1. The van der Waals surface area contributed by atoms with E-state index in [1.807, 2.05) is 0 Å². The summed E-state index contributed by atoms with van der Waals surface area (Å²) in [6, 6.07) is 2.63. The van der Waals surface area contributed by atoms with Gasteiger partial charge in [-0.05, 0) is 19.1 Å². The zero-order valence-electron chi connectivity index (χ0n) is 6.88. The van der Waals surface area contributed by atoms with Gasteiger partial charge in [-0.1, -0.05) is 11.6 Å². The van der Waals surface area contributed by atoms with Crippen LogP contribution in [0.4, 0.5) is 4.39 Å². The van der Waals surface area contributed by atoms with Crippen LogP contribution in [0.25, 0.3) is 10.9 Å². The van der Waals surface area contributed by atoms with Crippen molar-refractivity contribution in [3.05, 3.63) is 35.0 Å². The van der Waals surface area contributed by atoms with Crippen LogP contribution in [0.15, 0.2) is 18.5 Å². The van der Waals surface area contributed by atoms with E-state index in [0.717, 1.165) is 5.69 Å². The molecule has 0 aliphatic carbocycles. The first-order valence-corrected chi connectivity index (χ1v) is 4.12. The van der Waals surface area contributed by atoms with Crippen LogP contribution in [-0.4, -0.2) is 9.97 Å². The Morgan fingerprint density at radius 1 is 1.31 bits per heavy atom. The lowest BCUT2D eigenvalue weighted by molar-refractivity contribution is 0.629. The maximum atomic E-state index is 12.9. The minimum atomic E-state index is -0.365. The Balaban J connectivity index is 2.94. The quantitative estimate of drug-likeness (QED) is 0.648. The lowest BCUT2D eigenvalue weighted by Crippen LogP contribution is -1.89. The van der Waals surface area contributed by atoms with Crippen molar-refractivity contribution < 1.29 is 4.39 Å². The summed E-state index contributed by atoms with van der Waals surface area (Å²) < 4.78 is 12.9. The van der Waals surface area contributed by atoms with Gasteiger partial charge in [0.2, 0.25) is 0 Å². The van der Waals surface area contributed by atoms with Crippen LogP contribution in [0.5, 0.6) is 0 Å². The molecule has 0 spiro atoms. The van der Waals surface area contributed by atoms with Crippen LogP contribution in [0, 0.1) is 12.7 Å². The number of hydrogen-bond donors (Lipinski definition) is 0. The van der Waals surface area contributed by atoms with E-state index < -0.39 is 0 Å². The highest BCUT2D eigenvalue weighted by atomic mass is 35.5. The molecule has 13 heavy (non-hydrogen) atoms. The zero-order chi connectivity index (χ0) is 9.42. The van der Waals surface area contributed by atoms with E-state index in [0.29, 0.717) is 15.9 Å². The van der Waals surface area contributed by atoms with Gasteiger partial charge in [-0.2, -0.15) is 0 Å². The molecule has 0 atom stereocenters. The van der Waals surface area contributed by atoms with Gasteiger partial charge in [0.05, 0.1) is 10.5 Å². The molecule has 0 saturated heterocycles. The highest BCUT2D eigenvalue weighted by molar-refractivity contribution is 6.35. The summed E-state index contributed by atoms with van der Waals surface area (Å²) >= 11 is 5.80. The van der Waals surface area contributed by atoms with Crippen molar-refractivity contribution >= 4 is 22.5 Å². The average molecular weight is 197 g/mol. The fourth-order valence-electron chi connectivity index (χ4n) is 1.22. The summed E-state index contributed by atoms with van der Waals surface area (Å²) in [5, 5.41) is 0.980. The Bertz CT molecular complexity index is 470. The molecule has 0 aliphatic rings. The highest BCUT2D eigenvalue weighted by Crippen LogP contribution is 2.23. The summed E-state index contributed by atoms with van der Waals surface area (Å²) in [4.78, 5) is 7.93. The van der Waals surface area contributed by atoms with E-state index in [1.165, 1.54) is 18.5 Å². The standard InChI is InChI=1S/C9H6ClFN2/c1-5-7-2-6(11)3-8(10)9(7)13-4-12-5/h2-4H,1H3. The smallest absolute Gasteiger partial charge is 0.125 e. The Labute approximate surface area is 79.4 Å². The molecule has 0 N–H and O–H groups in total. The van der Waals surface area contributed by atoms with Gasteiger partial charge >= 0.3 is 0 Å². The normalized spacial score (nSPS) is 10.7. The molecule has 2 nitrogen and oxygen atoms in total. The lowest BCUT2D eigenvalue weighted by atomic mass is 10.2. The van der Waals surface area contributed by atoms with Crippen molar-refractivity contribution in [2.75, 3.05) is 0 Å². The molecule has 66 valence electrons. The largest absolute Gasteiger partial charge is 0.241 e. The molecule has 0 bridgehead atoms. The van der Waals surface area contributed by atoms with Crippen LogP contribution in [-0.2, 0) is 0 Å². The fourth-order valence-corrected chi connectivity index (χ4v) is 1.47. The highest BCUT2D eigenvalue weighted by Gasteiger charge is 2.05. The summed E-state index contributed by atoms with van der Waals surface area (Å²) in [7, 11) is 0. The van der Waals surface area contributed by atoms with Gasteiger partial charge < -0.3 is 0 Å². The Morgan fingerprint density at radius 2 is 2.08 bits per heavy atom. The molecule has 2 aromatic rings. The molecule has 1 aromatic heterocycles. The molecule has 2 rings (SSSR count). The number of halogens is 2. The van der Waals surface area contributed by atoms with Gasteiger partial charge in [0.25, 0.3) is 0 Å². The van der Waals surface area contributed by atoms with Gasteiger partial charge in [0.1, 0.15) is 12.1 Å². The summed E-state index contributed by atoms with van der Waals surface area (Å²) in [5.41, 5.74) is 1.32. The Kier molecular flexibility index (Phi) is 1.88. The molecular weight excluding hydrogens is 191 g/mol. The topological polar surface area (TPSA) is 25.8 Å². The van der Waals surface area contributed by atoms with Gasteiger partial charge in [0.15, 0.2) is 0 Å². The predicted molar refractivity (Wildman–Crippen MR) is 49.2 cm³/mol. The number of nitrogens with zero attached hydrogens (tertiary/aromatic N) is 2. The predicted octanol–water partition coefficient (Wildman–Crippen LogP) is 2.73. The van der Waals surface area contributed by atoms with Crippen molar-refractivity contribution in [3.63, 3.8) is 0 Å². The van der Waals surface area contributed by atoms with E-state index in [2.05, 4.69) is 9.97 Å². The first-order chi connectivity index (χ1) is 6.18. The van der Waals surface area contributed by atoms with Crippen LogP contribution in [0.2, 0.25) is 5.02 Å². The van der Waals surface area contributed by atoms with Crippen molar-refractivity contribution in [1.82, 2.24) is 9.97 Å². The number of aromatic nitrogens is 2. The molecular formula is C9H6ClFN2. The molecule has 1 heterocycles. The van der Waals surface area contributed by atoms with Crippen LogP contribution < -0.4 is 0 Å². The third-order valence-electron chi connectivity index (χ3n) is 1.86. The number of fused-ring (bicyclic) bond motifs is 1. The monoisotopic (exact) mass is 196 g/mol. The third-order valence-corrected chi connectivity index (χ3v) is 2.14. The van der Waals surface area contributed by atoms with E-state index >= 15 is 0 Å². The van der Waals surface area contributed by atoms with Gasteiger partial charge in [-0.15, -0.1) is 0 Å². The van der Waals surface area contributed by atoms with Gasteiger partial charge in [0, 0.05) is 11.1 Å². The van der Waals surface area contributed by atoms with E-state index in [9.17, 15) is 4.39 Å². The minimum Gasteiger partial charge on any atom is -0.241 e. The minimum absolute atomic E-state index is 0.320. The first kappa shape index (κ1) is 8.38. The van der Waals surface area contributed by atoms with E-state index in [1.54, 1.807) is 6.92 Å². The van der Waals surface area contributed by atoms with E-state index in [4.69, 9.17) is 11.6 Å². The fraction of sp³-hybridized carbons (Fsp3) is 0.111. The van der Waals surface area contributed by atoms with Crippen molar-refractivity contribution in [2.24, 2.45) is 0 Å². The molecule has 0 amide bonds. The summed E-state index contributed by atoms with van der Waals surface area (Å²) in [5.74, 6) is -0.365. The molecule has 0 saturated carbocycles. The van der Waals surface area contributed by atoms with Crippen LogP contribution in [0.1, 0.15) is 5.69 Å². The summed E-state index contributed by atoms with van der Waals surface area (Å²) in [6.45, 7) is 1.79. The van der Waals surface area contributed by atoms with Crippen molar-refractivity contribution in [2.45, 2.75) is 6.92 Å². The number of rotatable bonds is 0. The first-order valence-electron chi connectivity index (χ1n) is 3.75. The molecule has 1 aromatic carbocycles. The number of hydrogen-bond acceptors (Lipinski definition) is 2. The van der Waals surface area contributed by atoms with Crippen LogP contribution in [0.3, 0.4) is 0 Å². The van der Waals surface area contributed by atoms with Gasteiger partial charge in [-0.3, -0.25) is 0 Å². The SMILES string of the molecule is Cc1ncnc2c(Cl)cc(F)cc12. The molecule has 4 heteroatoms. The second kappa shape index (κ2) is 2.92. The van der Waals surface area contributed by atoms with Gasteiger partial charge in [-0.25, -0.2) is 14.4 Å². The van der Waals surface area contributed by atoms with Crippen molar-refractivity contribution in [3.8, 4) is 0 Å². The van der Waals surface area contributed by atoms with Crippen molar-refractivity contribution in [1.29, 1.82) is 0 Å². The summed E-state index contributed by atoms with van der Waals surface area (Å²) in [6.07, 6.45) is 1.42. The average Bonchev–Trinajstić information content (AvgIpc) is 2.07. The molecule has 0 fully saturated rings. The maximum absolute atomic E-state index is 12.9. The Morgan fingerprint density at radius 3 is 2.85 bits per heavy atom. The second-order valence-electron chi connectivity index (χ2n) is 2.74. The van der Waals surface area contributed by atoms with Crippen LogP contribution >= 0.6 is 11.6 Å². The molecule has 0 aliphatic heterocycles. The molecule has 0 unspecified atom stereocenters.